The Morgan fingerprint density at radius 3 is 2.44 bits per heavy atom. The van der Waals surface area contributed by atoms with Crippen LogP contribution in [0.3, 0.4) is 0 Å². The fraction of sp³-hybridized carbons (Fsp3) is 0.273. The number of anilines is 1. The normalized spacial score (nSPS) is 14.5. The third-order valence-corrected chi connectivity index (χ3v) is 6.84. The molecule has 1 fully saturated rings. The van der Waals surface area contributed by atoms with Crippen LogP contribution in [0.4, 0.5) is 10.1 Å². The number of sulfone groups is 1. The highest BCUT2D eigenvalue weighted by Gasteiger charge is 2.26. The lowest BCUT2D eigenvalue weighted by Gasteiger charge is -2.27. The second-order valence-electron chi connectivity index (χ2n) is 7.45. The maximum absolute atomic E-state index is 13.1. The van der Waals surface area contributed by atoms with E-state index in [0.29, 0.717) is 42.9 Å². The van der Waals surface area contributed by atoms with Crippen molar-refractivity contribution in [1.29, 1.82) is 0 Å². The third kappa shape index (κ3) is 4.81. The minimum atomic E-state index is -4.01. The number of ether oxygens (including phenoxy) is 1. The van der Waals surface area contributed by atoms with Gasteiger partial charge in [-0.15, -0.1) is 0 Å². The molecule has 10 heteroatoms. The molecule has 2 aromatic carbocycles. The number of carbonyl (C=O) groups excluding carboxylic acids is 2. The number of amides is 2. The molecule has 2 amide bonds. The van der Waals surface area contributed by atoms with Crippen molar-refractivity contribution in [2.45, 2.75) is 11.4 Å². The molecular formula is C22H22FN3O5S. The Balaban J connectivity index is 1.56. The summed E-state index contributed by atoms with van der Waals surface area (Å²) in [6.07, 6.45) is 1.41. The van der Waals surface area contributed by atoms with Gasteiger partial charge in [0.25, 0.3) is 0 Å². The van der Waals surface area contributed by atoms with Crippen LogP contribution in [0.2, 0.25) is 0 Å². The Morgan fingerprint density at radius 2 is 1.72 bits per heavy atom. The maximum atomic E-state index is 13.1. The number of halogens is 1. The van der Waals surface area contributed by atoms with Gasteiger partial charge in [-0.05, 0) is 30.3 Å². The average molecular weight is 459 g/mol. The number of hydrogen-bond donors (Lipinski definition) is 1. The van der Waals surface area contributed by atoms with Gasteiger partial charge in [-0.2, -0.15) is 0 Å². The van der Waals surface area contributed by atoms with Gasteiger partial charge in [-0.25, -0.2) is 12.8 Å². The number of benzene rings is 2. The van der Waals surface area contributed by atoms with Crippen molar-refractivity contribution in [1.82, 2.24) is 9.47 Å². The number of para-hydroxylation sites is 1. The van der Waals surface area contributed by atoms with Gasteiger partial charge >= 0.3 is 0 Å². The summed E-state index contributed by atoms with van der Waals surface area (Å²) >= 11 is 0. The first-order valence-electron chi connectivity index (χ1n) is 10.0. The largest absolute Gasteiger partial charge is 0.378 e. The maximum Gasteiger partial charge on any atom is 0.242 e. The van der Waals surface area contributed by atoms with Crippen molar-refractivity contribution >= 4 is 38.2 Å². The van der Waals surface area contributed by atoms with Crippen molar-refractivity contribution in [2.24, 2.45) is 0 Å². The first-order valence-corrected chi connectivity index (χ1v) is 11.7. The smallest absolute Gasteiger partial charge is 0.242 e. The summed E-state index contributed by atoms with van der Waals surface area (Å²) in [6.45, 7) is 1.92. The number of fused-ring (bicyclic) bond motifs is 1. The van der Waals surface area contributed by atoms with Crippen molar-refractivity contribution in [3.8, 4) is 0 Å². The van der Waals surface area contributed by atoms with Crippen LogP contribution >= 0.6 is 0 Å². The highest BCUT2D eigenvalue weighted by atomic mass is 32.2. The highest BCUT2D eigenvalue weighted by Crippen LogP contribution is 2.27. The summed E-state index contributed by atoms with van der Waals surface area (Å²) in [5.74, 6) is -2.12. The quantitative estimate of drug-likeness (QED) is 0.609. The van der Waals surface area contributed by atoms with Crippen LogP contribution in [0, 0.1) is 5.82 Å². The van der Waals surface area contributed by atoms with Crippen LogP contribution < -0.4 is 5.32 Å². The molecule has 1 aliphatic rings. The van der Waals surface area contributed by atoms with Crippen LogP contribution in [0.25, 0.3) is 10.9 Å². The first kappa shape index (κ1) is 22.0. The molecule has 1 aliphatic heterocycles. The van der Waals surface area contributed by atoms with Gasteiger partial charge < -0.3 is 19.5 Å². The summed E-state index contributed by atoms with van der Waals surface area (Å²) in [5, 5.41) is 2.90. The molecule has 0 bridgehead atoms. The van der Waals surface area contributed by atoms with Crippen molar-refractivity contribution in [3.05, 3.63) is 60.5 Å². The number of morpholine rings is 1. The van der Waals surface area contributed by atoms with Crippen LogP contribution in [0.5, 0.6) is 0 Å². The zero-order valence-electron chi connectivity index (χ0n) is 17.2. The molecule has 2 heterocycles. The monoisotopic (exact) mass is 459 g/mol. The predicted octanol–water partition coefficient (Wildman–Crippen LogP) is 2.05. The van der Waals surface area contributed by atoms with Gasteiger partial charge in [0.2, 0.25) is 11.8 Å². The molecule has 1 saturated heterocycles. The Hall–Kier alpha value is -3.24. The van der Waals surface area contributed by atoms with Crippen molar-refractivity contribution < 1.29 is 27.1 Å². The second-order valence-corrected chi connectivity index (χ2v) is 9.40. The van der Waals surface area contributed by atoms with E-state index in [1.54, 1.807) is 33.7 Å². The highest BCUT2D eigenvalue weighted by molar-refractivity contribution is 7.92. The fourth-order valence-corrected chi connectivity index (χ4v) is 5.00. The van der Waals surface area contributed by atoms with E-state index in [-0.39, 0.29) is 17.3 Å². The Morgan fingerprint density at radius 1 is 1.03 bits per heavy atom. The number of rotatable bonds is 6. The zero-order valence-corrected chi connectivity index (χ0v) is 18.0. The van der Waals surface area contributed by atoms with Gasteiger partial charge in [0.05, 0.1) is 18.1 Å². The molecule has 0 atom stereocenters. The lowest BCUT2D eigenvalue weighted by molar-refractivity contribution is -0.135. The summed E-state index contributed by atoms with van der Waals surface area (Å²) in [7, 11) is -4.01. The van der Waals surface area contributed by atoms with E-state index in [0.717, 1.165) is 0 Å². The van der Waals surface area contributed by atoms with E-state index < -0.39 is 27.3 Å². The summed E-state index contributed by atoms with van der Waals surface area (Å²) in [5.41, 5.74) is 0.886. The second kappa shape index (κ2) is 9.09. The molecule has 3 aromatic rings. The lowest BCUT2D eigenvalue weighted by atomic mass is 10.2. The van der Waals surface area contributed by atoms with Gasteiger partial charge in [0.15, 0.2) is 9.84 Å². The van der Waals surface area contributed by atoms with Crippen LogP contribution in [-0.4, -0.2) is 61.8 Å². The number of aromatic nitrogens is 1. The predicted molar refractivity (Wildman–Crippen MR) is 116 cm³/mol. The zero-order chi connectivity index (χ0) is 22.7. The molecular weight excluding hydrogens is 437 g/mol. The lowest BCUT2D eigenvalue weighted by Crippen LogP contribution is -2.42. The molecule has 168 valence electrons. The fourth-order valence-electron chi connectivity index (χ4n) is 3.63. The van der Waals surface area contributed by atoms with E-state index in [4.69, 9.17) is 4.74 Å². The van der Waals surface area contributed by atoms with Crippen molar-refractivity contribution in [3.63, 3.8) is 0 Å². The van der Waals surface area contributed by atoms with Crippen molar-refractivity contribution in [2.75, 3.05) is 37.4 Å². The molecule has 1 aromatic heterocycles. The molecule has 1 N–H and O–H groups in total. The van der Waals surface area contributed by atoms with Gasteiger partial charge in [0.1, 0.15) is 18.1 Å². The number of hydrogen-bond acceptors (Lipinski definition) is 5. The average Bonchev–Trinajstić information content (AvgIpc) is 3.15. The molecule has 0 unspecified atom stereocenters. The SMILES string of the molecule is O=C(CS(=O)(=O)c1cn(CC(=O)N2CCOCC2)c2ccccc12)Nc1ccc(F)cc1. The number of carbonyl (C=O) groups is 2. The topological polar surface area (TPSA) is 97.7 Å². The van der Waals surface area contributed by atoms with Crippen LogP contribution in [0.1, 0.15) is 0 Å². The van der Waals surface area contributed by atoms with Crippen LogP contribution in [0.15, 0.2) is 59.6 Å². The summed E-state index contributed by atoms with van der Waals surface area (Å²) in [4.78, 5) is 26.7. The summed E-state index contributed by atoms with van der Waals surface area (Å²) < 4.78 is 46.0. The minimum Gasteiger partial charge on any atom is -0.378 e. The summed E-state index contributed by atoms with van der Waals surface area (Å²) in [6, 6.07) is 11.9. The van der Waals surface area contributed by atoms with E-state index >= 15 is 0 Å². The molecule has 0 aliphatic carbocycles. The van der Waals surface area contributed by atoms with Gasteiger partial charge in [0, 0.05) is 35.9 Å². The van der Waals surface area contributed by atoms with Crippen LogP contribution in [-0.2, 0) is 30.7 Å². The molecule has 32 heavy (non-hydrogen) atoms. The van der Waals surface area contributed by atoms with Gasteiger partial charge in [-0.1, -0.05) is 18.2 Å². The van der Waals surface area contributed by atoms with Gasteiger partial charge in [-0.3, -0.25) is 9.59 Å². The third-order valence-electron chi connectivity index (χ3n) is 5.21. The van der Waals surface area contributed by atoms with E-state index in [1.807, 2.05) is 0 Å². The molecule has 0 spiro atoms. The van der Waals surface area contributed by atoms with E-state index in [1.165, 1.54) is 30.5 Å². The van der Waals surface area contributed by atoms with E-state index in [9.17, 15) is 22.4 Å². The molecule has 0 radical (unpaired) electrons. The minimum absolute atomic E-state index is 0.0161. The molecule has 0 saturated carbocycles. The Kier molecular flexibility index (Phi) is 6.24. The molecule has 4 rings (SSSR count). The standard InChI is InChI=1S/C22H22FN3O5S/c23-16-5-7-17(8-6-16)24-21(27)15-32(29,30)20-13-26(19-4-2-1-3-18(19)20)14-22(28)25-9-11-31-12-10-25/h1-8,13H,9-12,14-15H2,(H,24,27). The Labute approximate surface area is 184 Å². The first-order chi connectivity index (χ1) is 15.3. The molecule has 8 nitrogen and oxygen atoms in total. The van der Waals surface area contributed by atoms with E-state index in [2.05, 4.69) is 5.32 Å². The number of nitrogens with one attached hydrogen (secondary N) is 1. The Bertz CT molecular complexity index is 1250. The number of nitrogens with zero attached hydrogens (tertiary/aromatic N) is 2.